The lowest BCUT2D eigenvalue weighted by molar-refractivity contribution is -0.385. The van der Waals surface area contributed by atoms with Gasteiger partial charge in [-0.1, -0.05) is 12.1 Å². The summed E-state index contributed by atoms with van der Waals surface area (Å²) in [5.74, 6) is 0. The number of rotatable bonds is 6. The molecule has 8 nitrogen and oxygen atoms in total. The lowest BCUT2D eigenvalue weighted by Gasteiger charge is -2.12. The number of hydrogen-bond acceptors (Lipinski definition) is 7. The molecule has 150 valence electrons. The van der Waals surface area contributed by atoms with Gasteiger partial charge in [-0.05, 0) is 30.7 Å². The lowest BCUT2D eigenvalue weighted by atomic mass is 10.1. The van der Waals surface area contributed by atoms with Gasteiger partial charge in [-0.3, -0.25) is 19.5 Å². The summed E-state index contributed by atoms with van der Waals surface area (Å²) in [4.78, 5) is 20.0. The molecule has 30 heavy (non-hydrogen) atoms. The average molecular weight is 418 g/mol. The van der Waals surface area contributed by atoms with E-state index in [0.29, 0.717) is 0 Å². The predicted molar refractivity (Wildman–Crippen MR) is 117 cm³/mol. The molecule has 4 aromatic rings. The Morgan fingerprint density at radius 2 is 2.07 bits per heavy atom. The molecule has 0 aliphatic heterocycles. The maximum absolute atomic E-state index is 11.0. The number of hydrogen-bond donors (Lipinski definition) is 0. The number of pyridine rings is 2. The van der Waals surface area contributed by atoms with Gasteiger partial charge in [0.2, 0.25) is 0 Å². The van der Waals surface area contributed by atoms with Gasteiger partial charge in [-0.2, -0.15) is 5.10 Å². The fourth-order valence-electron chi connectivity index (χ4n) is 2.91. The number of aryl methyl sites for hydroxylation is 1. The fourth-order valence-corrected chi connectivity index (χ4v) is 3.67. The van der Waals surface area contributed by atoms with Crippen molar-refractivity contribution in [2.75, 3.05) is 7.05 Å². The first-order valence-corrected chi connectivity index (χ1v) is 9.87. The molecule has 3 aromatic heterocycles. The van der Waals surface area contributed by atoms with Crippen LogP contribution < -0.4 is 0 Å². The Kier molecular flexibility index (Phi) is 5.44. The second-order valence-corrected chi connectivity index (χ2v) is 7.73. The van der Waals surface area contributed by atoms with Crippen molar-refractivity contribution in [3.05, 3.63) is 88.6 Å². The molecule has 1 aromatic carbocycles. The summed E-state index contributed by atoms with van der Waals surface area (Å²) in [6, 6.07) is 12.7. The van der Waals surface area contributed by atoms with E-state index in [1.54, 1.807) is 42.2 Å². The first kappa shape index (κ1) is 19.6. The largest absolute Gasteiger partial charge is 0.298 e. The van der Waals surface area contributed by atoms with Crippen LogP contribution in [0.4, 0.5) is 5.69 Å². The van der Waals surface area contributed by atoms with Gasteiger partial charge in [-0.15, -0.1) is 0 Å². The summed E-state index contributed by atoms with van der Waals surface area (Å²) in [6.07, 6.45) is 9.03. The van der Waals surface area contributed by atoms with E-state index < -0.39 is 4.92 Å². The van der Waals surface area contributed by atoms with Crippen molar-refractivity contribution in [1.29, 1.82) is 0 Å². The fraction of sp³-hybridized carbons (Fsp3) is 0.0952. The lowest BCUT2D eigenvalue weighted by Crippen LogP contribution is -2.02. The molecule has 0 saturated heterocycles. The van der Waals surface area contributed by atoms with E-state index >= 15 is 0 Å². The maximum Gasteiger partial charge on any atom is 0.270 e. The van der Waals surface area contributed by atoms with E-state index in [0.717, 1.165) is 32.9 Å². The number of nitro groups is 1. The van der Waals surface area contributed by atoms with Crippen LogP contribution in [0.25, 0.3) is 16.8 Å². The van der Waals surface area contributed by atoms with Crippen LogP contribution in [0.3, 0.4) is 0 Å². The standard InChI is InChI=1S/C21H18N6O2S/c1-15-5-7-18(27(28)29)10-20(15)30-25(2)24-13-19-12-23-21-8-6-17(14-26(19)21)16-4-3-9-22-11-16/h3-14H,1-2H3/b24-13+. The van der Waals surface area contributed by atoms with Crippen LogP contribution >= 0.6 is 11.9 Å². The molecule has 0 unspecified atom stereocenters. The normalized spacial score (nSPS) is 11.3. The molecule has 0 aliphatic rings. The molecule has 0 bridgehead atoms. The minimum atomic E-state index is -0.398. The van der Waals surface area contributed by atoms with Crippen LogP contribution in [0, 0.1) is 17.0 Å². The smallest absolute Gasteiger partial charge is 0.270 e. The molecular weight excluding hydrogens is 400 g/mol. The Labute approximate surface area is 177 Å². The first-order valence-electron chi connectivity index (χ1n) is 9.09. The zero-order valence-corrected chi connectivity index (χ0v) is 17.2. The topological polar surface area (TPSA) is 88.9 Å². The van der Waals surface area contributed by atoms with Gasteiger partial charge in [0.05, 0.1) is 23.0 Å². The highest BCUT2D eigenvalue weighted by molar-refractivity contribution is 7.97. The minimum Gasteiger partial charge on any atom is -0.298 e. The van der Waals surface area contributed by atoms with E-state index in [1.807, 2.05) is 48.0 Å². The monoisotopic (exact) mass is 418 g/mol. The molecule has 0 aliphatic carbocycles. The molecule has 9 heteroatoms. The predicted octanol–water partition coefficient (Wildman–Crippen LogP) is 4.59. The summed E-state index contributed by atoms with van der Waals surface area (Å²) in [6.45, 7) is 1.91. The van der Waals surface area contributed by atoms with E-state index in [1.165, 1.54) is 18.0 Å². The van der Waals surface area contributed by atoms with Crippen LogP contribution in [0.5, 0.6) is 0 Å². The highest BCUT2D eigenvalue weighted by atomic mass is 32.2. The van der Waals surface area contributed by atoms with Crippen molar-refractivity contribution in [2.45, 2.75) is 11.8 Å². The van der Waals surface area contributed by atoms with Gasteiger partial charge < -0.3 is 0 Å². The van der Waals surface area contributed by atoms with Gasteiger partial charge in [0.15, 0.2) is 0 Å². The number of nitrogens with zero attached hydrogens (tertiary/aromatic N) is 6. The number of hydrazone groups is 1. The van der Waals surface area contributed by atoms with Gasteiger partial charge in [0, 0.05) is 65.7 Å². The van der Waals surface area contributed by atoms with Crippen molar-refractivity contribution in [1.82, 2.24) is 18.8 Å². The highest BCUT2D eigenvalue weighted by Crippen LogP contribution is 2.29. The summed E-state index contributed by atoms with van der Waals surface area (Å²) in [5.41, 5.74) is 4.68. The third kappa shape index (κ3) is 4.15. The summed E-state index contributed by atoms with van der Waals surface area (Å²) < 4.78 is 3.62. The Balaban J connectivity index is 1.56. The number of fused-ring (bicyclic) bond motifs is 1. The quantitative estimate of drug-likeness (QED) is 0.197. The molecule has 0 amide bonds. The van der Waals surface area contributed by atoms with Gasteiger partial charge in [-0.25, -0.2) is 9.40 Å². The molecule has 0 atom stereocenters. The van der Waals surface area contributed by atoms with Crippen LogP contribution in [0.2, 0.25) is 0 Å². The molecule has 0 N–H and O–H groups in total. The van der Waals surface area contributed by atoms with Gasteiger partial charge in [0.1, 0.15) is 5.65 Å². The van der Waals surface area contributed by atoms with Crippen molar-refractivity contribution in [3.63, 3.8) is 0 Å². The third-order valence-corrected chi connectivity index (χ3v) is 5.49. The molecular formula is C21H18N6O2S. The first-order chi connectivity index (χ1) is 14.5. The summed E-state index contributed by atoms with van der Waals surface area (Å²) in [7, 11) is 1.80. The zero-order valence-electron chi connectivity index (χ0n) is 16.3. The van der Waals surface area contributed by atoms with Crippen LogP contribution in [-0.4, -0.2) is 37.0 Å². The van der Waals surface area contributed by atoms with Crippen molar-refractivity contribution < 1.29 is 4.92 Å². The molecule has 4 rings (SSSR count). The Hall–Kier alpha value is -3.72. The van der Waals surface area contributed by atoms with E-state index in [9.17, 15) is 10.1 Å². The minimum absolute atomic E-state index is 0.0604. The Bertz CT molecular complexity index is 1240. The van der Waals surface area contributed by atoms with E-state index in [2.05, 4.69) is 15.1 Å². The number of non-ortho nitro benzene ring substituents is 1. The SMILES string of the molecule is Cc1ccc([N+](=O)[O-])cc1SN(C)/N=C/c1cnc2ccc(-c3cccnc3)cn12. The number of benzene rings is 1. The van der Waals surface area contributed by atoms with Crippen molar-refractivity contribution in [2.24, 2.45) is 5.10 Å². The van der Waals surface area contributed by atoms with Crippen LogP contribution in [0.15, 0.2) is 77.2 Å². The zero-order chi connectivity index (χ0) is 21.1. The summed E-state index contributed by atoms with van der Waals surface area (Å²) >= 11 is 1.32. The van der Waals surface area contributed by atoms with Crippen molar-refractivity contribution in [3.8, 4) is 11.1 Å². The Morgan fingerprint density at radius 1 is 1.20 bits per heavy atom. The second-order valence-electron chi connectivity index (χ2n) is 6.58. The molecule has 0 radical (unpaired) electrons. The average Bonchev–Trinajstić information content (AvgIpc) is 3.16. The number of imidazole rings is 1. The molecule has 3 heterocycles. The van der Waals surface area contributed by atoms with Gasteiger partial charge >= 0.3 is 0 Å². The molecule has 0 fully saturated rings. The van der Waals surface area contributed by atoms with Gasteiger partial charge in [0.25, 0.3) is 5.69 Å². The third-order valence-electron chi connectivity index (χ3n) is 4.49. The van der Waals surface area contributed by atoms with Crippen molar-refractivity contribution >= 4 is 29.5 Å². The van der Waals surface area contributed by atoms with Crippen LogP contribution in [-0.2, 0) is 0 Å². The maximum atomic E-state index is 11.0. The van der Waals surface area contributed by atoms with E-state index in [4.69, 9.17) is 0 Å². The number of aromatic nitrogens is 3. The second kappa shape index (κ2) is 8.34. The Morgan fingerprint density at radius 3 is 2.83 bits per heavy atom. The van der Waals surface area contributed by atoms with E-state index in [-0.39, 0.29) is 5.69 Å². The summed E-state index contributed by atoms with van der Waals surface area (Å²) in [5, 5.41) is 15.5. The number of nitro benzene ring substituents is 1. The molecule has 0 saturated carbocycles. The highest BCUT2D eigenvalue weighted by Gasteiger charge is 2.11. The van der Waals surface area contributed by atoms with Crippen LogP contribution in [0.1, 0.15) is 11.3 Å². The molecule has 0 spiro atoms.